The number of halogens is 2. The molecular formula is C24H19Cl2N3O3. The summed E-state index contributed by atoms with van der Waals surface area (Å²) < 4.78 is 11.2. The Balaban J connectivity index is 1.64. The van der Waals surface area contributed by atoms with Crippen molar-refractivity contribution in [1.82, 2.24) is 5.43 Å². The van der Waals surface area contributed by atoms with E-state index in [0.717, 1.165) is 5.56 Å². The number of benzene rings is 3. The van der Waals surface area contributed by atoms with Crippen LogP contribution in [0.15, 0.2) is 71.8 Å². The Hall–Kier alpha value is -3.53. The van der Waals surface area contributed by atoms with E-state index in [9.17, 15) is 10.1 Å². The van der Waals surface area contributed by atoms with Gasteiger partial charge in [-0.05, 0) is 41.5 Å². The number of carbonyl (C=O) groups is 1. The zero-order valence-corrected chi connectivity index (χ0v) is 18.6. The number of nitrogens with zero attached hydrogens (tertiary/aromatic N) is 2. The molecule has 3 rings (SSSR count). The molecule has 8 heteroatoms. The molecule has 1 amide bonds. The predicted octanol–water partition coefficient (Wildman–Crippen LogP) is 5.34. The van der Waals surface area contributed by atoms with Crippen LogP contribution in [-0.4, -0.2) is 19.2 Å². The largest absolute Gasteiger partial charge is 0.493 e. The molecule has 32 heavy (non-hydrogen) atoms. The molecule has 0 heterocycles. The molecule has 3 aromatic carbocycles. The minimum atomic E-state index is -0.946. The molecule has 0 aliphatic rings. The van der Waals surface area contributed by atoms with Gasteiger partial charge in [-0.15, -0.1) is 0 Å². The lowest BCUT2D eigenvalue weighted by Crippen LogP contribution is -2.24. The average molecular weight is 468 g/mol. The number of nitrogens with one attached hydrogen (secondary N) is 1. The van der Waals surface area contributed by atoms with Gasteiger partial charge in [0.25, 0.3) is 5.91 Å². The highest BCUT2D eigenvalue weighted by molar-refractivity contribution is 6.35. The van der Waals surface area contributed by atoms with Gasteiger partial charge in [0.1, 0.15) is 6.61 Å². The lowest BCUT2D eigenvalue weighted by atomic mass is 10.0. The Morgan fingerprint density at radius 2 is 1.91 bits per heavy atom. The van der Waals surface area contributed by atoms with Crippen LogP contribution < -0.4 is 14.9 Å². The van der Waals surface area contributed by atoms with Gasteiger partial charge in [-0.1, -0.05) is 59.6 Å². The van der Waals surface area contributed by atoms with Crippen molar-refractivity contribution in [2.45, 2.75) is 12.5 Å². The van der Waals surface area contributed by atoms with E-state index in [-0.39, 0.29) is 6.61 Å². The van der Waals surface area contributed by atoms with Crippen molar-refractivity contribution >= 4 is 35.3 Å². The summed E-state index contributed by atoms with van der Waals surface area (Å²) in [6.07, 6.45) is 1.46. The van der Waals surface area contributed by atoms with Crippen LogP contribution in [-0.2, 0) is 11.4 Å². The second-order valence-corrected chi connectivity index (χ2v) is 7.49. The number of hydrogen-bond acceptors (Lipinski definition) is 5. The molecule has 0 unspecified atom stereocenters. The minimum absolute atomic E-state index is 0.241. The smallest absolute Gasteiger partial charge is 0.261 e. The van der Waals surface area contributed by atoms with Gasteiger partial charge < -0.3 is 9.47 Å². The van der Waals surface area contributed by atoms with Gasteiger partial charge in [0.15, 0.2) is 17.4 Å². The molecule has 0 saturated carbocycles. The van der Waals surface area contributed by atoms with E-state index < -0.39 is 11.8 Å². The first-order valence-electron chi connectivity index (χ1n) is 9.54. The SMILES string of the molecule is COc1cc(/C=N\NC(=O)[C@@H](C#N)c2ccccc2)ccc1OCc1ccc(Cl)cc1Cl. The van der Waals surface area contributed by atoms with Gasteiger partial charge in [-0.2, -0.15) is 10.4 Å². The van der Waals surface area contributed by atoms with E-state index in [1.165, 1.54) is 13.3 Å². The number of amides is 1. The summed E-state index contributed by atoms with van der Waals surface area (Å²) in [5, 5.41) is 14.3. The summed E-state index contributed by atoms with van der Waals surface area (Å²) in [6.45, 7) is 0.241. The number of hydrogen-bond donors (Lipinski definition) is 1. The number of ether oxygens (including phenoxy) is 2. The first-order valence-corrected chi connectivity index (χ1v) is 10.3. The van der Waals surface area contributed by atoms with E-state index in [1.54, 1.807) is 60.7 Å². The molecule has 0 saturated heterocycles. The van der Waals surface area contributed by atoms with Crippen LogP contribution >= 0.6 is 23.2 Å². The zero-order chi connectivity index (χ0) is 22.9. The Kier molecular flexibility index (Phi) is 8.09. The highest BCUT2D eigenvalue weighted by Gasteiger charge is 2.19. The van der Waals surface area contributed by atoms with Crippen LogP contribution in [0.3, 0.4) is 0 Å². The third kappa shape index (κ3) is 6.01. The molecule has 1 N–H and O–H groups in total. The Labute approximate surface area is 196 Å². The molecular weight excluding hydrogens is 449 g/mol. The van der Waals surface area contributed by atoms with Crippen LogP contribution in [0.4, 0.5) is 0 Å². The summed E-state index contributed by atoms with van der Waals surface area (Å²) in [5.74, 6) is -0.446. The molecule has 0 aliphatic carbocycles. The maximum absolute atomic E-state index is 12.3. The maximum atomic E-state index is 12.3. The lowest BCUT2D eigenvalue weighted by Gasteiger charge is -2.12. The molecule has 3 aromatic rings. The Bertz CT molecular complexity index is 1160. The molecule has 0 radical (unpaired) electrons. The second-order valence-electron chi connectivity index (χ2n) is 6.64. The van der Waals surface area contributed by atoms with Gasteiger partial charge >= 0.3 is 0 Å². The molecule has 0 aromatic heterocycles. The summed E-state index contributed by atoms with van der Waals surface area (Å²) in [5.41, 5.74) is 4.47. The maximum Gasteiger partial charge on any atom is 0.261 e. The van der Waals surface area contributed by atoms with E-state index in [1.807, 2.05) is 12.1 Å². The molecule has 0 aliphatic heterocycles. The molecule has 0 bridgehead atoms. The number of carbonyl (C=O) groups excluding carboxylic acids is 1. The first-order chi connectivity index (χ1) is 15.5. The molecule has 6 nitrogen and oxygen atoms in total. The summed E-state index contributed by atoms with van der Waals surface area (Å²) >= 11 is 12.1. The summed E-state index contributed by atoms with van der Waals surface area (Å²) in [4.78, 5) is 12.3. The van der Waals surface area contributed by atoms with Crippen molar-refractivity contribution in [2.75, 3.05) is 7.11 Å². The van der Waals surface area contributed by atoms with Crippen molar-refractivity contribution in [3.05, 3.63) is 93.5 Å². The monoisotopic (exact) mass is 467 g/mol. The predicted molar refractivity (Wildman–Crippen MR) is 124 cm³/mol. The van der Waals surface area contributed by atoms with E-state index in [4.69, 9.17) is 32.7 Å². The third-order valence-corrected chi connectivity index (χ3v) is 5.09. The molecule has 0 fully saturated rings. The van der Waals surface area contributed by atoms with E-state index in [2.05, 4.69) is 10.5 Å². The quantitative estimate of drug-likeness (QED) is 0.358. The fraction of sp³-hybridized carbons (Fsp3) is 0.125. The van der Waals surface area contributed by atoms with Crippen LogP contribution in [0.25, 0.3) is 0 Å². The van der Waals surface area contributed by atoms with Crippen LogP contribution in [0, 0.1) is 11.3 Å². The highest BCUT2D eigenvalue weighted by atomic mass is 35.5. The Morgan fingerprint density at radius 3 is 2.59 bits per heavy atom. The van der Waals surface area contributed by atoms with Gasteiger partial charge in [0.2, 0.25) is 0 Å². The topological polar surface area (TPSA) is 83.7 Å². The average Bonchev–Trinajstić information content (AvgIpc) is 2.80. The highest BCUT2D eigenvalue weighted by Crippen LogP contribution is 2.29. The normalized spacial score (nSPS) is 11.6. The first kappa shape index (κ1) is 23.1. The van der Waals surface area contributed by atoms with Crippen molar-refractivity contribution in [3.63, 3.8) is 0 Å². The van der Waals surface area contributed by atoms with Crippen molar-refractivity contribution in [1.29, 1.82) is 5.26 Å². The van der Waals surface area contributed by atoms with Gasteiger partial charge in [-0.25, -0.2) is 5.43 Å². The minimum Gasteiger partial charge on any atom is -0.493 e. The molecule has 0 spiro atoms. The number of nitriles is 1. The summed E-state index contributed by atoms with van der Waals surface area (Å²) in [6, 6.07) is 21.2. The number of rotatable bonds is 8. The van der Waals surface area contributed by atoms with Gasteiger partial charge in [0, 0.05) is 15.6 Å². The zero-order valence-electron chi connectivity index (χ0n) is 17.1. The molecule has 162 valence electrons. The summed E-state index contributed by atoms with van der Waals surface area (Å²) in [7, 11) is 1.53. The standard InChI is InChI=1S/C24H19Cl2N3O3/c1-31-23-11-16(7-10-22(23)32-15-18-8-9-19(25)12-21(18)26)14-28-29-24(30)20(13-27)17-5-3-2-4-6-17/h2-12,14,20H,15H2,1H3,(H,29,30)/b28-14-/t20-/m0/s1. The lowest BCUT2D eigenvalue weighted by molar-refractivity contribution is -0.121. The fourth-order valence-corrected chi connectivity index (χ4v) is 3.31. The fourth-order valence-electron chi connectivity index (χ4n) is 2.84. The van der Waals surface area contributed by atoms with Gasteiger partial charge in [0.05, 0.1) is 19.4 Å². The van der Waals surface area contributed by atoms with Gasteiger partial charge in [-0.3, -0.25) is 4.79 Å². The molecule has 1 atom stereocenters. The Morgan fingerprint density at radius 1 is 1.12 bits per heavy atom. The van der Waals surface area contributed by atoms with E-state index >= 15 is 0 Å². The second kappa shape index (κ2) is 11.2. The van der Waals surface area contributed by atoms with Crippen molar-refractivity contribution in [2.24, 2.45) is 5.10 Å². The van der Waals surface area contributed by atoms with Crippen molar-refractivity contribution < 1.29 is 14.3 Å². The van der Waals surface area contributed by atoms with E-state index in [0.29, 0.717) is 32.7 Å². The van der Waals surface area contributed by atoms with Crippen LogP contribution in [0.2, 0.25) is 10.0 Å². The van der Waals surface area contributed by atoms with Crippen LogP contribution in [0.1, 0.15) is 22.6 Å². The third-order valence-electron chi connectivity index (χ3n) is 4.50. The number of hydrazone groups is 1. The number of methoxy groups -OCH3 is 1. The van der Waals surface area contributed by atoms with Crippen LogP contribution in [0.5, 0.6) is 11.5 Å². The van der Waals surface area contributed by atoms with Crippen molar-refractivity contribution in [3.8, 4) is 17.6 Å².